The molecule has 2 heterocycles. The Hall–Kier alpha value is -3.46. The molecule has 0 saturated heterocycles. The van der Waals surface area contributed by atoms with Gasteiger partial charge in [0.2, 0.25) is 5.90 Å². The highest BCUT2D eigenvalue weighted by Gasteiger charge is 2.28. The molecular weight excluding hydrogens is 456 g/mol. The minimum absolute atomic E-state index is 0.305. The van der Waals surface area contributed by atoms with E-state index >= 15 is 0 Å². The van der Waals surface area contributed by atoms with Crippen LogP contribution in [-0.4, -0.2) is 55.2 Å². The fourth-order valence-electron chi connectivity index (χ4n) is 4.06. The van der Waals surface area contributed by atoms with Gasteiger partial charge in [-0.25, -0.2) is 14.8 Å². The fraction of sp³-hybridized carbons (Fsp3) is 0.481. The van der Waals surface area contributed by atoms with Crippen LogP contribution >= 0.6 is 0 Å². The van der Waals surface area contributed by atoms with Crippen LogP contribution in [0.2, 0.25) is 0 Å². The van der Waals surface area contributed by atoms with Crippen LogP contribution in [0.5, 0.6) is 0 Å². The highest BCUT2D eigenvalue weighted by Crippen LogP contribution is 2.25. The number of nitrogens with two attached hydrogens (primary N) is 1. The minimum Gasteiger partial charge on any atom is -0.471 e. The van der Waals surface area contributed by atoms with Gasteiger partial charge in [-0.15, -0.1) is 0 Å². The van der Waals surface area contributed by atoms with Crippen molar-refractivity contribution in [2.45, 2.75) is 59.4 Å². The molecule has 0 bridgehead atoms. The van der Waals surface area contributed by atoms with Crippen molar-refractivity contribution in [1.29, 1.82) is 5.41 Å². The van der Waals surface area contributed by atoms with Crippen molar-refractivity contribution in [3.8, 4) is 0 Å². The predicted molar refractivity (Wildman–Crippen MR) is 143 cm³/mol. The van der Waals surface area contributed by atoms with Crippen LogP contribution < -0.4 is 11.1 Å². The number of likely N-dealkylation sites (N-methyl/N-ethyl adjacent to an activating group) is 1. The van der Waals surface area contributed by atoms with Gasteiger partial charge in [-0.05, 0) is 29.9 Å². The number of hydrogen-bond donors (Lipinski definition) is 3. The molecule has 0 fully saturated rings. The Bertz CT molecular complexity index is 1060. The maximum absolute atomic E-state index is 12.1. The first kappa shape index (κ1) is 27.1. The number of aliphatic imine (C=N–C) groups is 2. The van der Waals surface area contributed by atoms with Crippen LogP contribution in [-0.2, 0) is 22.6 Å². The molecule has 0 saturated carbocycles. The van der Waals surface area contributed by atoms with Gasteiger partial charge in [-0.1, -0.05) is 51.1 Å². The second kappa shape index (κ2) is 13.0. The maximum atomic E-state index is 12.1. The van der Waals surface area contributed by atoms with E-state index in [0.29, 0.717) is 55.9 Å². The zero-order valence-electron chi connectivity index (χ0n) is 21.7. The van der Waals surface area contributed by atoms with E-state index in [-0.39, 0.29) is 0 Å². The third-order valence-corrected chi connectivity index (χ3v) is 6.30. The van der Waals surface area contributed by atoms with Gasteiger partial charge in [0.05, 0.1) is 18.5 Å². The van der Waals surface area contributed by atoms with Crippen molar-refractivity contribution in [3.05, 3.63) is 58.4 Å². The van der Waals surface area contributed by atoms with Gasteiger partial charge in [0.25, 0.3) is 0 Å². The number of nitrogens with one attached hydrogen (secondary N) is 2. The number of hydrogen-bond acceptors (Lipinski definition) is 8. The predicted octanol–water partition coefficient (Wildman–Crippen LogP) is 4.15. The minimum atomic E-state index is -0.432. The summed E-state index contributed by atoms with van der Waals surface area (Å²) in [5.74, 6) is 0.855. The summed E-state index contributed by atoms with van der Waals surface area (Å²) in [6.07, 6.45) is 5.44. The zero-order chi connectivity index (χ0) is 26.1. The SMILES string of the molecule is CC/C=C(\C(C)CC)N(C)CCOC(=O)NCc1ccc(COC2=NC(N)CC3=C2N=CC3=N)cc1. The van der Waals surface area contributed by atoms with Crippen molar-refractivity contribution in [1.82, 2.24) is 10.2 Å². The molecule has 2 aliphatic rings. The number of carbonyl (C=O) groups excluding carboxylic acids is 1. The van der Waals surface area contributed by atoms with Gasteiger partial charge in [0.1, 0.15) is 25.1 Å². The van der Waals surface area contributed by atoms with E-state index in [0.717, 1.165) is 29.5 Å². The molecule has 4 N–H and O–H groups in total. The van der Waals surface area contributed by atoms with Crippen LogP contribution in [0.15, 0.2) is 57.3 Å². The lowest BCUT2D eigenvalue weighted by molar-refractivity contribution is 0.135. The van der Waals surface area contributed by atoms with Crippen molar-refractivity contribution < 1.29 is 14.3 Å². The summed E-state index contributed by atoms with van der Waals surface area (Å²) in [6.45, 7) is 8.18. The normalized spacial score (nSPS) is 18.0. The second-order valence-electron chi connectivity index (χ2n) is 9.07. The van der Waals surface area contributed by atoms with Gasteiger partial charge in [-0.3, -0.25) is 5.41 Å². The van der Waals surface area contributed by atoms with Crippen molar-refractivity contribution in [3.63, 3.8) is 0 Å². The van der Waals surface area contributed by atoms with Crippen molar-refractivity contribution >= 4 is 23.9 Å². The number of dihydropyridines is 1. The topological polar surface area (TPSA) is 125 Å². The van der Waals surface area contributed by atoms with Crippen LogP contribution in [0.4, 0.5) is 4.79 Å². The lowest BCUT2D eigenvalue weighted by Gasteiger charge is -2.27. The molecule has 2 unspecified atom stereocenters. The van der Waals surface area contributed by atoms with E-state index in [1.807, 2.05) is 31.3 Å². The van der Waals surface area contributed by atoms with Crippen LogP contribution in [0.3, 0.4) is 0 Å². The number of alkyl carbamates (subject to hydrolysis) is 1. The van der Waals surface area contributed by atoms with Gasteiger partial charge in [0, 0.05) is 31.3 Å². The van der Waals surface area contributed by atoms with E-state index in [1.165, 1.54) is 11.9 Å². The molecule has 9 nitrogen and oxygen atoms in total. The van der Waals surface area contributed by atoms with Crippen LogP contribution in [0, 0.1) is 11.3 Å². The number of rotatable bonds is 11. The molecule has 0 radical (unpaired) electrons. The van der Waals surface area contributed by atoms with Crippen LogP contribution in [0.25, 0.3) is 0 Å². The monoisotopic (exact) mass is 494 g/mol. The van der Waals surface area contributed by atoms with Crippen molar-refractivity contribution in [2.75, 3.05) is 20.2 Å². The summed E-state index contributed by atoms with van der Waals surface area (Å²) in [5, 5.41) is 10.7. The van der Waals surface area contributed by atoms with Crippen molar-refractivity contribution in [2.24, 2.45) is 21.6 Å². The summed E-state index contributed by atoms with van der Waals surface area (Å²) in [7, 11) is 2.04. The molecule has 36 heavy (non-hydrogen) atoms. The first-order valence-corrected chi connectivity index (χ1v) is 12.5. The Labute approximate surface area is 213 Å². The number of amides is 1. The number of allylic oxidation sites excluding steroid dienone is 2. The molecule has 0 spiro atoms. The second-order valence-corrected chi connectivity index (χ2v) is 9.07. The number of nitrogens with zero attached hydrogens (tertiary/aromatic N) is 3. The summed E-state index contributed by atoms with van der Waals surface area (Å²) in [5.41, 5.74) is 10.9. The Morgan fingerprint density at radius 1 is 1.31 bits per heavy atom. The Kier molecular flexibility index (Phi) is 9.81. The van der Waals surface area contributed by atoms with E-state index < -0.39 is 12.3 Å². The standard InChI is InChI=1S/C27H38N6O3/c1-5-7-23(18(3)6-2)33(4)12-13-35-27(34)31-15-19-8-10-20(11-9-19)17-36-26-25-21(14-24(29)32-26)22(28)16-30-25/h7-11,16,18,24,28H,5-6,12-15,17,29H2,1-4H3,(H,31,34)/b23-7+,28-22?. The molecule has 0 aliphatic carbocycles. The third kappa shape index (κ3) is 7.27. The quantitative estimate of drug-likeness (QED) is 0.426. The molecule has 1 amide bonds. The Morgan fingerprint density at radius 3 is 2.72 bits per heavy atom. The lowest BCUT2D eigenvalue weighted by atomic mass is 10.0. The zero-order valence-corrected chi connectivity index (χ0v) is 21.7. The molecule has 1 aromatic rings. The summed E-state index contributed by atoms with van der Waals surface area (Å²) < 4.78 is 11.2. The lowest BCUT2D eigenvalue weighted by Crippen LogP contribution is -2.30. The molecule has 194 valence electrons. The van der Waals surface area contributed by atoms with E-state index in [9.17, 15) is 4.79 Å². The average Bonchev–Trinajstić information content (AvgIpc) is 3.24. The van der Waals surface area contributed by atoms with E-state index in [2.05, 4.69) is 47.0 Å². The maximum Gasteiger partial charge on any atom is 0.407 e. The summed E-state index contributed by atoms with van der Waals surface area (Å²) >= 11 is 0. The fourth-order valence-corrected chi connectivity index (χ4v) is 4.06. The number of ether oxygens (including phenoxy) is 2. The molecule has 2 aliphatic heterocycles. The molecular formula is C27H38N6O3. The third-order valence-electron chi connectivity index (χ3n) is 6.30. The molecule has 0 aromatic heterocycles. The van der Waals surface area contributed by atoms with Gasteiger partial charge < -0.3 is 25.4 Å². The first-order chi connectivity index (χ1) is 17.3. The summed E-state index contributed by atoms with van der Waals surface area (Å²) in [4.78, 5) is 22.9. The van der Waals surface area contributed by atoms with Gasteiger partial charge in [0.15, 0.2) is 0 Å². The molecule has 3 rings (SSSR count). The summed E-state index contributed by atoms with van der Waals surface area (Å²) in [6, 6.07) is 7.74. The van der Waals surface area contributed by atoms with Gasteiger partial charge in [-0.2, -0.15) is 0 Å². The Balaban J connectivity index is 1.41. The number of carbonyl (C=O) groups is 1. The molecule has 1 aromatic carbocycles. The number of benzene rings is 1. The van der Waals surface area contributed by atoms with Crippen LogP contribution in [0.1, 0.15) is 51.2 Å². The average molecular weight is 495 g/mol. The smallest absolute Gasteiger partial charge is 0.407 e. The highest BCUT2D eigenvalue weighted by molar-refractivity contribution is 6.41. The highest BCUT2D eigenvalue weighted by atomic mass is 16.5. The Morgan fingerprint density at radius 2 is 2.03 bits per heavy atom. The largest absolute Gasteiger partial charge is 0.471 e. The first-order valence-electron chi connectivity index (χ1n) is 12.5. The molecule has 9 heteroatoms. The van der Waals surface area contributed by atoms with E-state index in [1.54, 1.807) is 0 Å². The van der Waals surface area contributed by atoms with E-state index in [4.69, 9.17) is 20.6 Å². The van der Waals surface area contributed by atoms with Gasteiger partial charge >= 0.3 is 6.09 Å². The molecule has 2 atom stereocenters.